The van der Waals surface area contributed by atoms with E-state index in [4.69, 9.17) is 0 Å². The van der Waals surface area contributed by atoms with E-state index in [1.165, 1.54) is 0 Å². The van der Waals surface area contributed by atoms with Gasteiger partial charge in [0.2, 0.25) is 0 Å². The summed E-state index contributed by atoms with van der Waals surface area (Å²) in [6.45, 7) is 0.689. The largest absolute Gasteiger partial charge is 0.508 e. The van der Waals surface area contributed by atoms with E-state index in [0.717, 1.165) is 30.3 Å². The molecule has 1 fully saturated rings. The highest BCUT2D eigenvalue weighted by Gasteiger charge is 2.44. The first-order valence-corrected chi connectivity index (χ1v) is 5.51. The van der Waals surface area contributed by atoms with Crippen LogP contribution in [0.2, 0.25) is 0 Å². The molecule has 0 bridgehead atoms. The van der Waals surface area contributed by atoms with Crippen molar-refractivity contribution >= 4 is 6.29 Å². The zero-order valence-corrected chi connectivity index (χ0v) is 9.73. The fourth-order valence-corrected chi connectivity index (χ4v) is 1.97. The molecule has 0 aliphatic heterocycles. The molecule has 0 radical (unpaired) electrons. The molecule has 0 aromatic heterocycles. The summed E-state index contributed by atoms with van der Waals surface area (Å²) in [5.74, 6) is 0.305. The van der Waals surface area contributed by atoms with E-state index in [9.17, 15) is 9.90 Å². The number of hydrogen-bond donors (Lipinski definition) is 1. The normalized spacial score (nSPS) is 17.4. The topological polar surface area (TPSA) is 40.5 Å². The summed E-state index contributed by atoms with van der Waals surface area (Å²) in [4.78, 5) is 13.0. The smallest absolute Gasteiger partial charge is 0.130 e. The molecule has 1 aliphatic carbocycles. The summed E-state index contributed by atoms with van der Waals surface area (Å²) in [5.41, 5.74) is 1.67. The van der Waals surface area contributed by atoms with Crippen LogP contribution in [0.25, 0.3) is 0 Å². The van der Waals surface area contributed by atoms with Gasteiger partial charge in [0.25, 0.3) is 0 Å². The van der Waals surface area contributed by atoms with Crippen molar-refractivity contribution in [2.45, 2.75) is 24.8 Å². The number of phenolic OH excluding ortho intramolecular Hbond substituents is 1. The van der Waals surface area contributed by atoms with Crippen LogP contribution in [0, 0.1) is 0 Å². The Morgan fingerprint density at radius 2 is 2.12 bits per heavy atom. The molecule has 0 unspecified atom stereocenters. The number of rotatable bonds is 4. The van der Waals surface area contributed by atoms with E-state index in [2.05, 4.69) is 0 Å². The molecule has 3 heteroatoms. The number of nitrogens with zero attached hydrogens (tertiary/aromatic N) is 1. The minimum absolute atomic E-state index is 0.255. The van der Waals surface area contributed by atoms with Crippen LogP contribution in [-0.4, -0.2) is 30.4 Å². The molecule has 1 aliphatic rings. The standard InChI is InChI=1S/C13H17NO2/c1-14(2)8-10-7-11(3-4-12(10)16)13(9-15)5-6-13/h3-4,7,9,16H,5-6,8H2,1-2H3. The summed E-state index contributed by atoms with van der Waals surface area (Å²) in [6.07, 6.45) is 2.91. The molecule has 1 saturated carbocycles. The molecule has 0 atom stereocenters. The van der Waals surface area contributed by atoms with Gasteiger partial charge in [-0.15, -0.1) is 0 Å². The molecular weight excluding hydrogens is 202 g/mol. The van der Waals surface area contributed by atoms with Crippen LogP contribution in [0.5, 0.6) is 5.75 Å². The summed E-state index contributed by atoms with van der Waals surface area (Å²) < 4.78 is 0. The molecule has 16 heavy (non-hydrogen) atoms. The minimum Gasteiger partial charge on any atom is -0.508 e. The summed E-state index contributed by atoms with van der Waals surface area (Å²) in [5, 5.41) is 9.73. The zero-order chi connectivity index (χ0) is 11.8. The summed E-state index contributed by atoms with van der Waals surface area (Å²) >= 11 is 0. The second kappa shape index (κ2) is 3.91. The Hall–Kier alpha value is -1.35. The van der Waals surface area contributed by atoms with Crippen LogP contribution in [0.3, 0.4) is 0 Å². The number of carbonyl (C=O) groups excluding carboxylic acids is 1. The first-order valence-electron chi connectivity index (χ1n) is 5.51. The zero-order valence-electron chi connectivity index (χ0n) is 9.73. The maximum atomic E-state index is 11.0. The van der Waals surface area contributed by atoms with Crippen molar-refractivity contribution in [1.82, 2.24) is 4.90 Å². The van der Waals surface area contributed by atoms with Gasteiger partial charge in [-0.3, -0.25) is 0 Å². The van der Waals surface area contributed by atoms with Gasteiger partial charge in [-0.05, 0) is 44.6 Å². The maximum Gasteiger partial charge on any atom is 0.130 e. The molecule has 2 rings (SSSR count). The average Bonchev–Trinajstić information content (AvgIpc) is 3.01. The van der Waals surface area contributed by atoms with Crippen molar-refractivity contribution in [3.63, 3.8) is 0 Å². The van der Waals surface area contributed by atoms with E-state index >= 15 is 0 Å². The van der Waals surface area contributed by atoms with Crippen molar-refractivity contribution in [2.75, 3.05) is 14.1 Å². The number of aldehydes is 1. The van der Waals surface area contributed by atoms with Gasteiger partial charge in [0, 0.05) is 12.1 Å². The van der Waals surface area contributed by atoms with Crippen LogP contribution < -0.4 is 0 Å². The number of benzene rings is 1. The maximum absolute atomic E-state index is 11.0. The SMILES string of the molecule is CN(C)Cc1cc(C2(C=O)CC2)ccc1O. The minimum atomic E-state index is -0.255. The summed E-state index contributed by atoms with van der Waals surface area (Å²) in [7, 11) is 3.91. The molecule has 0 saturated heterocycles. The van der Waals surface area contributed by atoms with Gasteiger partial charge < -0.3 is 14.8 Å². The Morgan fingerprint density at radius 3 is 2.62 bits per heavy atom. The van der Waals surface area contributed by atoms with E-state index in [-0.39, 0.29) is 5.41 Å². The molecule has 3 nitrogen and oxygen atoms in total. The number of hydrogen-bond acceptors (Lipinski definition) is 3. The second-order valence-corrected chi connectivity index (χ2v) is 4.86. The Labute approximate surface area is 95.7 Å². The average molecular weight is 219 g/mol. The third-order valence-corrected chi connectivity index (χ3v) is 3.16. The predicted molar refractivity (Wildman–Crippen MR) is 62.5 cm³/mol. The van der Waals surface area contributed by atoms with Gasteiger partial charge in [-0.1, -0.05) is 6.07 Å². The van der Waals surface area contributed by atoms with E-state index < -0.39 is 0 Å². The highest BCUT2D eigenvalue weighted by Crippen LogP contribution is 2.47. The highest BCUT2D eigenvalue weighted by atomic mass is 16.3. The second-order valence-electron chi connectivity index (χ2n) is 4.86. The number of phenols is 1. The third kappa shape index (κ3) is 1.95. The highest BCUT2D eigenvalue weighted by molar-refractivity contribution is 5.73. The molecule has 0 spiro atoms. The van der Waals surface area contributed by atoms with Crippen LogP contribution >= 0.6 is 0 Å². The van der Waals surface area contributed by atoms with Crippen LogP contribution in [0.4, 0.5) is 0 Å². The quantitative estimate of drug-likeness (QED) is 0.783. The molecule has 86 valence electrons. The van der Waals surface area contributed by atoms with Crippen molar-refractivity contribution in [2.24, 2.45) is 0 Å². The molecule has 1 N–H and O–H groups in total. The fraction of sp³-hybridized carbons (Fsp3) is 0.462. The monoisotopic (exact) mass is 219 g/mol. The molecule has 0 amide bonds. The Balaban J connectivity index is 2.32. The van der Waals surface area contributed by atoms with Gasteiger partial charge in [0.05, 0.1) is 5.41 Å². The Bertz CT molecular complexity index is 408. The number of aromatic hydroxyl groups is 1. The lowest BCUT2D eigenvalue weighted by atomic mass is 9.95. The lowest BCUT2D eigenvalue weighted by Gasteiger charge is -2.14. The van der Waals surface area contributed by atoms with E-state index in [1.54, 1.807) is 6.07 Å². The van der Waals surface area contributed by atoms with Crippen LogP contribution in [-0.2, 0) is 16.8 Å². The Morgan fingerprint density at radius 1 is 1.44 bits per heavy atom. The van der Waals surface area contributed by atoms with Gasteiger partial charge in [-0.2, -0.15) is 0 Å². The lowest BCUT2D eigenvalue weighted by molar-refractivity contribution is -0.109. The first-order chi connectivity index (χ1) is 7.57. The van der Waals surface area contributed by atoms with E-state index in [0.29, 0.717) is 12.3 Å². The Kier molecular flexibility index (Phi) is 2.72. The third-order valence-electron chi connectivity index (χ3n) is 3.16. The van der Waals surface area contributed by atoms with Gasteiger partial charge in [0.15, 0.2) is 0 Å². The molecule has 0 heterocycles. The number of carbonyl (C=O) groups is 1. The van der Waals surface area contributed by atoms with Crippen molar-refractivity contribution in [3.8, 4) is 5.75 Å². The first kappa shape index (κ1) is 11.1. The van der Waals surface area contributed by atoms with Gasteiger partial charge in [-0.25, -0.2) is 0 Å². The van der Waals surface area contributed by atoms with Gasteiger partial charge >= 0.3 is 0 Å². The van der Waals surface area contributed by atoms with Crippen molar-refractivity contribution in [3.05, 3.63) is 29.3 Å². The molecular formula is C13H17NO2. The van der Waals surface area contributed by atoms with Gasteiger partial charge in [0.1, 0.15) is 12.0 Å². The predicted octanol–water partition coefficient (Wildman–Crippen LogP) is 1.68. The van der Waals surface area contributed by atoms with E-state index in [1.807, 2.05) is 31.1 Å². The molecule has 1 aromatic rings. The lowest BCUT2D eigenvalue weighted by Crippen LogP contribution is -2.13. The van der Waals surface area contributed by atoms with Crippen LogP contribution in [0.1, 0.15) is 24.0 Å². The summed E-state index contributed by atoms with van der Waals surface area (Å²) in [6, 6.07) is 5.50. The molecule has 1 aromatic carbocycles. The fourth-order valence-electron chi connectivity index (χ4n) is 1.97. The van der Waals surface area contributed by atoms with Crippen molar-refractivity contribution < 1.29 is 9.90 Å². The van der Waals surface area contributed by atoms with Crippen molar-refractivity contribution in [1.29, 1.82) is 0 Å². The van der Waals surface area contributed by atoms with Crippen LogP contribution in [0.15, 0.2) is 18.2 Å².